The van der Waals surface area contributed by atoms with Gasteiger partial charge in [0.15, 0.2) is 5.82 Å². The number of nitrogens with one attached hydrogen (secondary N) is 1. The molecule has 1 aliphatic heterocycles. The third kappa shape index (κ3) is 2.05. The molecule has 0 saturated heterocycles. The van der Waals surface area contributed by atoms with Gasteiger partial charge >= 0.3 is 0 Å². The lowest BCUT2D eigenvalue weighted by atomic mass is 10.1. The molecule has 0 atom stereocenters. The highest BCUT2D eigenvalue weighted by Crippen LogP contribution is 2.30. The second kappa shape index (κ2) is 4.91. The molecule has 0 bridgehead atoms. The van der Waals surface area contributed by atoms with E-state index in [1.807, 2.05) is 6.07 Å². The Morgan fingerprint density at radius 3 is 3.00 bits per heavy atom. The van der Waals surface area contributed by atoms with Crippen LogP contribution in [0.1, 0.15) is 19.4 Å². The zero-order valence-corrected chi connectivity index (χ0v) is 11.3. The van der Waals surface area contributed by atoms with Gasteiger partial charge in [0.05, 0.1) is 6.61 Å². The van der Waals surface area contributed by atoms with Crippen LogP contribution in [0.3, 0.4) is 0 Å². The molecule has 5 heteroatoms. The number of ether oxygens (including phenoxy) is 1. The first-order valence-electron chi connectivity index (χ1n) is 6.76. The lowest BCUT2D eigenvalue weighted by molar-refractivity contribution is 0.357. The first-order chi connectivity index (χ1) is 9.33. The average molecular weight is 258 g/mol. The maximum atomic E-state index is 5.53. The van der Waals surface area contributed by atoms with Gasteiger partial charge in [-0.25, -0.2) is 0 Å². The molecule has 0 amide bonds. The Morgan fingerprint density at radius 2 is 2.21 bits per heavy atom. The molecular formula is C14H18N4O. The van der Waals surface area contributed by atoms with Crippen LogP contribution in [0.5, 0.6) is 5.75 Å². The van der Waals surface area contributed by atoms with E-state index in [2.05, 4.69) is 46.1 Å². The summed E-state index contributed by atoms with van der Waals surface area (Å²) in [4.78, 5) is 0. The second-order valence-electron chi connectivity index (χ2n) is 4.54. The fourth-order valence-corrected chi connectivity index (χ4v) is 2.43. The summed E-state index contributed by atoms with van der Waals surface area (Å²) in [5.74, 6) is 2.74. The largest absolute Gasteiger partial charge is 0.493 e. The fraction of sp³-hybridized carbons (Fsp3) is 0.429. The fourth-order valence-electron chi connectivity index (χ4n) is 2.43. The van der Waals surface area contributed by atoms with Crippen LogP contribution in [0.25, 0.3) is 11.4 Å². The summed E-state index contributed by atoms with van der Waals surface area (Å²) in [6.45, 7) is 6.63. The number of benzene rings is 1. The van der Waals surface area contributed by atoms with Crippen molar-refractivity contribution in [1.29, 1.82) is 0 Å². The lowest BCUT2D eigenvalue weighted by Crippen LogP contribution is -2.06. The highest BCUT2D eigenvalue weighted by Gasteiger charge is 2.16. The minimum absolute atomic E-state index is 0.780. The molecule has 0 unspecified atom stereocenters. The van der Waals surface area contributed by atoms with Crippen LogP contribution in [0.15, 0.2) is 18.2 Å². The average Bonchev–Trinajstić information content (AvgIpc) is 3.04. The van der Waals surface area contributed by atoms with Crippen molar-refractivity contribution in [3.8, 4) is 17.1 Å². The van der Waals surface area contributed by atoms with Crippen LogP contribution in [0, 0.1) is 0 Å². The third-order valence-electron chi connectivity index (χ3n) is 3.35. The van der Waals surface area contributed by atoms with E-state index in [0.29, 0.717) is 0 Å². The van der Waals surface area contributed by atoms with E-state index in [1.54, 1.807) is 0 Å². The highest BCUT2D eigenvalue weighted by atomic mass is 16.5. The van der Waals surface area contributed by atoms with E-state index in [9.17, 15) is 0 Å². The van der Waals surface area contributed by atoms with Crippen molar-refractivity contribution in [3.05, 3.63) is 23.8 Å². The van der Waals surface area contributed by atoms with Crippen molar-refractivity contribution in [3.63, 3.8) is 0 Å². The Labute approximate surface area is 112 Å². The van der Waals surface area contributed by atoms with Gasteiger partial charge in [-0.15, -0.1) is 10.2 Å². The van der Waals surface area contributed by atoms with Crippen molar-refractivity contribution in [2.24, 2.45) is 0 Å². The summed E-state index contributed by atoms with van der Waals surface area (Å²) in [6, 6.07) is 6.24. The van der Waals surface area contributed by atoms with Crippen molar-refractivity contribution in [2.45, 2.75) is 26.8 Å². The summed E-state index contributed by atoms with van der Waals surface area (Å²) in [5, 5.41) is 11.8. The Hall–Kier alpha value is -2.04. The first kappa shape index (κ1) is 12.0. The van der Waals surface area contributed by atoms with E-state index >= 15 is 0 Å². The van der Waals surface area contributed by atoms with Crippen LogP contribution in [-0.4, -0.2) is 27.9 Å². The van der Waals surface area contributed by atoms with Gasteiger partial charge in [0.25, 0.3) is 0 Å². The van der Waals surface area contributed by atoms with Gasteiger partial charge in [-0.2, -0.15) is 0 Å². The quantitative estimate of drug-likeness (QED) is 0.914. The van der Waals surface area contributed by atoms with Crippen molar-refractivity contribution >= 4 is 5.95 Å². The minimum Gasteiger partial charge on any atom is -0.493 e. The van der Waals surface area contributed by atoms with Crippen molar-refractivity contribution in [1.82, 2.24) is 14.8 Å². The van der Waals surface area contributed by atoms with Gasteiger partial charge in [0.2, 0.25) is 5.95 Å². The number of rotatable bonds is 4. The zero-order valence-electron chi connectivity index (χ0n) is 11.3. The topological polar surface area (TPSA) is 52.0 Å². The van der Waals surface area contributed by atoms with Crippen molar-refractivity contribution < 1.29 is 4.74 Å². The number of hydrogen-bond donors (Lipinski definition) is 1. The van der Waals surface area contributed by atoms with Gasteiger partial charge in [-0.3, -0.25) is 4.57 Å². The molecule has 100 valence electrons. The van der Waals surface area contributed by atoms with Gasteiger partial charge in [0.1, 0.15) is 5.75 Å². The number of nitrogens with zero attached hydrogens (tertiary/aromatic N) is 3. The monoisotopic (exact) mass is 258 g/mol. The lowest BCUT2D eigenvalue weighted by Gasteiger charge is -2.08. The van der Waals surface area contributed by atoms with Crippen LogP contribution in [0.4, 0.5) is 5.95 Å². The van der Waals surface area contributed by atoms with Gasteiger partial charge in [-0.05, 0) is 37.6 Å². The smallest absolute Gasteiger partial charge is 0.224 e. The molecule has 1 N–H and O–H groups in total. The Kier molecular flexibility index (Phi) is 3.11. The maximum Gasteiger partial charge on any atom is 0.224 e. The van der Waals surface area contributed by atoms with E-state index in [4.69, 9.17) is 4.74 Å². The first-order valence-corrected chi connectivity index (χ1v) is 6.76. The number of anilines is 1. The molecule has 2 aromatic rings. The minimum atomic E-state index is 0.780. The zero-order chi connectivity index (χ0) is 13.2. The Bertz CT molecular complexity index is 591. The molecule has 1 aliphatic rings. The van der Waals surface area contributed by atoms with Gasteiger partial charge < -0.3 is 10.1 Å². The predicted octanol–water partition coefficient (Wildman–Crippen LogP) is 2.33. The van der Waals surface area contributed by atoms with E-state index in [0.717, 1.165) is 49.2 Å². The van der Waals surface area contributed by atoms with Crippen LogP contribution in [-0.2, 0) is 13.0 Å². The van der Waals surface area contributed by atoms with E-state index in [-0.39, 0.29) is 0 Å². The number of hydrogen-bond acceptors (Lipinski definition) is 4. The molecule has 19 heavy (non-hydrogen) atoms. The summed E-state index contributed by atoms with van der Waals surface area (Å²) in [5.41, 5.74) is 2.36. The van der Waals surface area contributed by atoms with Gasteiger partial charge in [0, 0.05) is 25.1 Å². The molecule has 5 nitrogen and oxygen atoms in total. The molecule has 0 aliphatic carbocycles. The standard InChI is InChI=1S/C14H18N4O/c1-3-15-14-17-16-13(18(14)4-2)11-5-6-12-10(9-11)7-8-19-12/h5-6,9H,3-4,7-8H2,1-2H3,(H,15,17). The molecule has 2 heterocycles. The highest BCUT2D eigenvalue weighted by molar-refractivity contribution is 5.61. The summed E-state index contributed by atoms with van der Waals surface area (Å²) < 4.78 is 7.63. The normalized spacial score (nSPS) is 13.2. The van der Waals surface area contributed by atoms with Crippen LogP contribution < -0.4 is 10.1 Å². The Balaban J connectivity index is 2.02. The molecule has 1 aromatic heterocycles. The van der Waals surface area contributed by atoms with Gasteiger partial charge in [-0.1, -0.05) is 0 Å². The molecular weight excluding hydrogens is 240 g/mol. The number of aromatic nitrogens is 3. The number of fused-ring (bicyclic) bond motifs is 1. The summed E-state index contributed by atoms with van der Waals surface area (Å²) in [7, 11) is 0. The SMILES string of the molecule is CCNc1nnc(-c2ccc3c(c2)CCO3)n1CC. The Morgan fingerprint density at radius 1 is 1.32 bits per heavy atom. The molecule has 0 saturated carbocycles. The maximum absolute atomic E-state index is 5.53. The summed E-state index contributed by atoms with van der Waals surface area (Å²) >= 11 is 0. The molecule has 0 radical (unpaired) electrons. The van der Waals surface area contributed by atoms with Crippen molar-refractivity contribution in [2.75, 3.05) is 18.5 Å². The molecule has 3 rings (SSSR count). The van der Waals surface area contributed by atoms with E-state index < -0.39 is 0 Å². The van der Waals surface area contributed by atoms with Crippen LogP contribution in [0.2, 0.25) is 0 Å². The summed E-state index contributed by atoms with van der Waals surface area (Å²) in [6.07, 6.45) is 0.976. The predicted molar refractivity (Wildman–Crippen MR) is 74.5 cm³/mol. The third-order valence-corrected chi connectivity index (χ3v) is 3.35. The molecule has 0 fully saturated rings. The van der Waals surface area contributed by atoms with Crippen LogP contribution >= 0.6 is 0 Å². The molecule has 0 spiro atoms. The second-order valence-corrected chi connectivity index (χ2v) is 4.54. The molecule has 1 aromatic carbocycles. The van der Waals surface area contributed by atoms with E-state index in [1.165, 1.54) is 5.56 Å².